The summed E-state index contributed by atoms with van der Waals surface area (Å²) in [6.07, 6.45) is 0. The Morgan fingerprint density at radius 1 is 0.455 bits per heavy atom. The molecule has 6 aromatic rings. The highest BCUT2D eigenvalue weighted by molar-refractivity contribution is 5.76. The van der Waals surface area contributed by atoms with E-state index in [0.29, 0.717) is 17.5 Å². The minimum absolute atomic E-state index is 0.623. The van der Waals surface area contributed by atoms with Gasteiger partial charge in [-0.1, -0.05) is 78.0 Å². The minimum atomic E-state index is 0.623. The third-order valence-corrected chi connectivity index (χ3v) is 5.42. The maximum absolute atomic E-state index is 4.78. The van der Waals surface area contributed by atoms with Crippen LogP contribution < -0.4 is 0 Å². The molecule has 0 saturated heterocycles. The van der Waals surface area contributed by atoms with Crippen molar-refractivity contribution in [2.24, 2.45) is 0 Å². The summed E-state index contributed by atoms with van der Waals surface area (Å²) in [6.45, 7) is 0. The lowest BCUT2D eigenvalue weighted by Crippen LogP contribution is -2.01. The molecule has 0 atom stereocenters. The molecule has 0 N–H and O–H groups in total. The van der Waals surface area contributed by atoms with Crippen molar-refractivity contribution in [2.75, 3.05) is 0 Å². The Morgan fingerprint density at radius 2 is 0.939 bits per heavy atom. The third kappa shape index (κ3) is 3.64. The van der Waals surface area contributed by atoms with E-state index in [1.807, 2.05) is 114 Å². The van der Waals surface area contributed by atoms with Crippen molar-refractivity contribution in [3.63, 3.8) is 0 Å². The lowest BCUT2D eigenvalue weighted by atomic mass is 10.1. The molecule has 0 fully saturated rings. The van der Waals surface area contributed by atoms with E-state index in [0.717, 1.165) is 33.4 Å². The monoisotopic (exact) mass is 426 g/mol. The number of aromatic nitrogens is 6. The first kappa shape index (κ1) is 19.0. The van der Waals surface area contributed by atoms with Crippen LogP contribution in [-0.2, 0) is 0 Å². The summed E-state index contributed by atoms with van der Waals surface area (Å²) in [5.74, 6) is 1.91. The maximum atomic E-state index is 4.78. The number of hydrogen-bond acceptors (Lipinski definition) is 5. The van der Waals surface area contributed by atoms with E-state index in [2.05, 4.69) is 10.3 Å². The first-order valence-corrected chi connectivity index (χ1v) is 10.6. The van der Waals surface area contributed by atoms with Crippen LogP contribution in [0.4, 0.5) is 0 Å². The molecule has 6 rings (SSSR count). The van der Waals surface area contributed by atoms with Gasteiger partial charge in [0.25, 0.3) is 0 Å². The van der Waals surface area contributed by atoms with E-state index >= 15 is 0 Å². The van der Waals surface area contributed by atoms with Gasteiger partial charge >= 0.3 is 0 Å². The van der Waals surface area contributed by atoms with E-state index in [9.17, 15) is 0 Å². The highest BCUT2D eigenvalue weighted by atomic mass is 15.4. The normalized spacial score (nSPS) is 11.0. The molecule has 6 nitrogen and oxygen atoms in total. The van der Waals surface area contributed by atoms with E-state index in [1.165, 1.54) is 0 Å². The smallest absolute Gasteiger partial charge is 0.164 e. The van der Waals surface area contributed by atoms with Gasteiger partial charge in [-0.05, 0) is 36.4 Å². The van der Waals surface area contributed by atoms with Crippen LogP contribution in [0.2, 0.25) is 0 Å². The predicted octanol–water partition coefficient (Wildman–Crippen LogP) is 5.61. The highest BCUT2D eigenvalue weighted by Gasteiger charge is 2.13. The number of nitrogens with zero attached hydrogens (tertiary/aromatic N) is 6. The first-order valence-electron chi connectivity index (χ1n) is 10.6. The van der Waals surface area contributed by atoms with Gasteiger partial charge in [-0.15, -0.1) is 5.10 Å². The van der Waals surface area contributed by atoms with E-state index in [-0.39, 0.29) is 0 Å². The highest BCUT2D eigenvalue weighted by Crippen LogP contribution is 2.25. The molecule has 0 unspecified atom stereocenters. The average Bonchev–Trinajstić information content (AvgIpc) is 3.34. The van der Waals surface area contributed by atoms with Gasteiger partial charge in [-0.25, -0.2) is 19.6 Å². The first-order chi connectivity index (χ1) is 16.3. The van der Waals surface area contributed by atoms with Gasteiger partial charge in [-0.2, -0.15) is 0 Å². The zero-order valence-corrected chi connectivity index (χ0v) is 17.6. The maximum Gasteiger partial charge on any atom is 0.164 e. The summed E-state index contributed by atoms with van der Waals surface area (Å²) in [5.41, 5.74) is 5.54. The van der Waals surface area contributed by atoms with Crippen LogP contribution in [0.3, 0.4) is 0 Å². The van der Waals surface area contributed by atoms with Crippen LogP contribution in [0.15, 0.2) is 109 Å². The van der Waals surface area contributed by atoms with Crippen LogP contribution in [-0.4, -0.2) is 29.9 Å². The average molecular weight is 426 g/mol. The molecule has 0 aliphatic rings. The third-order valence-electron chi connectivity index (χ3n) is 5.42. The molecule has 0 saturated carbocycles. The summed E-state index contributed by atoms with van der Waals surface area (Å²) in [4.78, 5) is 14.3. The van der Waals surface area contributed by atoms with E-state index in [4.69, 9.17) is 15.0 Å². The van der Waals surface area contributed by atoms with Crippen LogP contribution in [0.1, 0.15) is 0 Å². The fraction of sp³-hybridized carbons (Fsp3) is 0. The largest absolute Gasteiger partial charge is 0.213 e. The Morgan fingerprint density at radius 3 is 1.52 bits per heavy atom. The molecule has 33 heavy (non-hydrogen) atoms. The van der Waals surface area contributed by atoms with Crippen molar-refractivity contribution in [1.82, 2.24) is 29.9 Å². The molecular formula is C27H18N6. The number of fused-ring (bicyclic) bond motifs is 1. The Labute approximate surface area is 190 Å². The van der Waals surface area contributed by atoms with Crippen molar-refractivity contribution in [3.05, 3.63) is 109 Å². The van der Waals surface area contributed by atoms with E-state index in [1.54, 1.807) is 0 Å². The van der Waals surface area contributed by atoms with Crippen molar-refractivity contribution in [3.8, 4) is 39.9 Å². The zero-order chi connectivity index (χ0) is 22.0. The SMILES string of the molecule is c1ccc(-c2nc(-c3ccccc3)nc(-c3ccc(-n4nnc5ccccc54)cc3)n2)cc1. The van der Waals surface area contributed by atoms with Gasteiger partial charge in [-0.3, -0.25) is 0 Å². The molecule has 0 amide bonds. The molecule has 6 heteroatoms. The summed E-state index contributed by atoms with van der Waals surface area (Å²) in [7, 11) is 0. The second kappa shape index (κ2) is 8.09. The minimum Gasteiger partial charge on any atom is -0.213 e. The van der Waals surface area contributed by atoms with Crippen molar-refractivity contribution >= 4 is 11.0 Å². The lowest BCUT2D eigenvalue weighted by Gasteiger charge is -2.09. The van der Waals surface area contributed by atoms with Crippen LogP contribution in [0.5, 0.6) is 0 Å². The van der Waals surface area contributed by atoms with Gasteiger partial charge < -0.3 is 0 Å². The van der Waals surface area contributed by atoms with Gasteiger partial charge in [0.1, 0.15) is 5.52 Å². The summed E-state index contributed by atoms with van der Waals surface area (Å²) < 4.78 is 1.83. The number of benzene rings is 4. The van der Waals surface area contributed by atoms with Gasteiger partial charge in [0.2, 0.25) is 0 Å². The second-order valence-electron chi connectivity index (χ2n) is 7.58. The summed E-state index contributed by atoms with van der Waals surface area (Å²) >= 11 is 0. The molecule has 0 spiro atoms. The number of hydrogen-bond donors (Lipinski definition) is 0. The second-order valence-corrected chi connectivity index (χ2v) is 7.58. The predicted molar refractivity (Wildman–Crippen MR) is 129 cm³/mol. The number of rotatable bonds is 4. The fourth-order valence-electron chi connectivity index (χ4n) is 3.75. The van der Waals surface area contributed by atoms with Crippen LogP contribution >= 0.6 is 0 Å². The molecule has 0 radical (unpaired) electrons. The quantitative estimate of drug-likeness (QED) is 0.367. The molecule has 156 valence electrons. The van der Waals surface area contributed by atoms with Gasteiger partial charge in [0, 0.05) is 16.7 Å². The zero-order valence-electron chi connectivity index (χ0n) is 17.6. The molecule has 0 aliphatic carbocycles. The van der Waals surface area contributed by atoms with Gasteiger partial charge in [0.05, 0.1) is 11.2 Å². The van der Waals surface area contributed by atoms with Crippen molar-refractivity contribution < 1.29 is 0 Å². The standard InChI is InChI=1S/C27H18N6/c1-3-9-19(10-4-1)25-28-26(20-11-5-2-6-12-20)30-27(29-25)21-15-17-22(18-16-21)33-24-14-8-7-13-23(24)31-32-33/h1-18H. The Bertz CT molecular complexity index is 1480. The van der Waals surface area contributed by atoms with Gasteiger partial charge in [0.15, 0.2) is 17.5 Å². The molecule has 4 aromatic carbocycles. The summed E-state index contributed by atoms with van der Waals surface area (Å²) in [5, 5.41) is 8.55. The Hall–Kier alpha value is -4.71. The Kier molecular flexibility index (Phi) is 4.66. The number of para-hydroxylation sites is 1. The fourth-order valence-corrected chi connectivity index (χ4v) is 3.75. The lowest BCUT2D eigenvalue weighted by molar-refractivity contribution is 0.824. The summed E-state index contributed by atoms with van der Waals surface area (Å²) in [6, 6.07) is 35.8. The van der Waals surface area contributed by atoms with Crippen LogP contribution in [0, 0.1) is 0 Å². The molecule has 2 heterocycles. The van der Waals surface area contributed by atoms with Crippen molar-refractivity contribution in [2.45, 2.75) is 0 Å². The molecule has 0 aliphatic heterocycles. The molecular weight excluding hydrogens is 408 g/mol. The van der Waals surface area contributed by atoms with Crippen molar-refractivity contribution in [1.29, 1.82) is 0 Å². The molecule has 2 aromatic heterocycles. The van der Waals surface area contributed by atoms with Crippen LogP contribution in [0.25, 0.3) is 50.9 Å². The Balaban J connectivity index is 1.45. The molecule has 0 bridgehead atoms. The van der Waals surface area contributed by atoms with E-state index < -0.39 is 0 Å². The topological polar surface area (TPSA) is 69.4 Å².